The molecule has 1 aromatic rings. The van der Waals surface area contributed by atoms with Crippen LogP contribution >= 0.6 is 0 Å². The molecule has 1 N–H and O–H groups in total. The van der Waals surface area contributed by atoms with Gasteiger partial charge in [-0.25, -0.2) is 0 Å². The molecule has 0 heterocycles. The van der Waals surface area contributed by atoms with Crippen LogP contribution in [0, 0.1) is 11.8 Å². The fourth-order valence-electron chi connectivity index (χ4n) is 2.46. The Bertz CT molecular complexity index is 367. The minimum absolute atomic E-state index is 0.255. The predicted molar refractivity (Wildman–Crippen MR) is 63.3 cm³/mol. The van der Waals surface area contributed by atoms with Crippen LogP contribution in [0.25, 0.3) is 0 Å². The van der Waals surface area contributed by atoms with Gasteiger partial charge in [0.2, 0.25) is 0 Å². The average Bonchev–Trinajstić information content (AvgIpc) is 2.68. The lowest BCUT2D eigenvalue weighted by molar-refractivity contribution is -0.122. The number of phenols is 1. The van der Waals surface area contributed by atoms with Crippen LogP contribution in [0.1, 0.15) is 31.7 Å². The number of carbonyl (C=O) groups is 1. The topological polar surface area (TPSA) is 37.3 Å². The highest BCUT2D eigenvalue weighted by molar-refractivity contribution is 5.83. The van der Waals surface area contributed by atoms with E-state index in [1.165, 1.54) is 6.42 Å². The summed E-state index contributed by atoms with van der Waals surface area (Å²) in [4.78, 5) is 12.0. The summed E-state index contributed by atoms with van der Waals surface area (Å²) in [5.41, 5.74) is 1.00. The molecule has 1 saturated carbocycles. The quantitative estimate of drug-likeness (QED) is 0.847. The van der Waals surface area contributed by atoms with Crippen molar-refractivity contribution in [1.82, 2.24) is 0 Å². The monoisotopic (exact) mass is 218 g/mol. The number of ketones is 1. The number of hydrogen-bond acceptors (Lipinski definition) is 2. The van der Waals surface area contributed by atoms with E-state index in [-0.39, 0.29) is 11.7 Å². The van der Waals surface area contributed by atoms with Gasteiger partial charge < -0.3 is 5.11 Å². The van der Waals surface area contributed by atoms with Crippen molar-refractivity contribution in [3.05, 3.63) is 29.8 Å². The first kappa shape index (κ1) is 11.2. The highest BCUT2D eigenvalue weighted by Gasteiger charge is 2.26. The van der Waals surface area contributed by atoms with E-state index in [0.29, 0.717) is 18.1 Å². The molecular formula is C14H18O2. The van der Waals surface area contributed by atoms with Crippen molar-refractivity contribution in [3.63, 3.8) is 0 Å². The van der Waals surface area contributed by atoms with Crippen molar-refractivity contribution in [3.8, 4) is 5.75 Å². The van der Waals surface area contributed by atoms with E-state index in [1.54, 1.807) is 12.1 Å². The molecule has 2 atom stereocenters. The highest BCUT2D eigenvalue weighted by atomic mass is 16.3. The van der Waals surface area contributed by atoms with Crippen LogP contribution in [0.15, 0.2) is 24.3 Å². The zero-order valence-corrected chi connectivity index (χ0v) is 9.65. The van der Waals surface area contributed by atoms with Gasteiger partial charge in [-0.2, -0.15) is 0 Å². The summed E-state index contributed by atoms with van der Waals surface area (Å²) in [5, 5.41) is 9.15. The van der Waals surface area contributed by atoms with Crippen molar-refractivity contribution < 1.29 is 9.90 Å². The zero-order chi connectivity index (χ0) is 11.5. The second-order valence-electron chi connectivity index (χ2n) is 4.92. The van der Waals surface area contributed by atoms with Gasteiger partial charge in [-0.3, -0.25) is 4.79 Å². The van der Waals surface area contributed by atoms with Gasteiger partial charge in [-0.1, -0.05) is 19.1 Å². The number of phenolic OH excluding ortho intramolecular Hbond substituents is 1. The van der Waals surface area contributed by atoms with Gasteiger partial charge >= 0.3 is 0 Å². The Labute approximate surface area is 96.3 Å². The Morgan fingerprint density at radius 3 is 2.56 bits per heavy atom. The fraction of sp³-hybridized carbons (Fsp3) is 0.500. The van der Waals surface area contributed by atoms with E-state index >= 15 is 0 Å². The van der Waals surface area contributed by atoms with Crippen LogP contribution in [0.5, 0.6) is 5.75 Å². The molecule has 16 heavy (non-hydrogen) atoms. The van der Waals surface area contributed by atoms with Crippen molar-refractivity contribution in [2.75, 3.05) is 0 Å². The van der Waals surface area contributed by atoms with E-state index in [2.05, 4.69) is 6.92 Å². The largest absolute Gasteiger partial charge is 0.508 e. The van der Waals surface area contributed by atoms with Crippen LogP contribution in [-0.4, -0.2) is 10.9 Å². The molecule has 0 saturated heterocycles. The van der Waals surface area contributed by atoms with E-state index in [4.69, 9.17) is 5.11 Å². The molecule has 1 aliphatic carbocycles. The molecule has 0 spiro atoms. The number of aromatic hydroxyl groups is 1. The summed E-state index contributed by atoms with van der Waals surface area (Å²) in [7, 11) is 0. The second kappa shape index (κ2) is 4.69. The molecule has 2 unspecified atom stereocenters. The molecular weight excluding hydrogens is 200 g/mol. The number of rotatable bonds is 3. The number of benzene rings is 1. The first-order valence-corrected chi connectivity index (χ1v) is 5.96. The summed E-state index contributed by atoms with van der Waals surface area (Å²) >= 11 is 0. The third-order valence-corrected chi connectivity index (χ3v) is 3.46. The lowest BCUT2D eigenvalue weighted by Gasteiger charge is -2.08. The Kier molecular flexibility index (Phi) is 3.28. The van der Waals surface area contributed by atoms with Crippen LogP contribution in [0.4, 0.5) is 0 Å². The number of Topliss-reactive ketones (excluding diaryl/α,β-unsaturated/α-hetero) is 1. The summed E-state index contributed by atoms with van der Waals surface area (Å²) in [5.74, 6) is 1.58. The second-order valence-corrected chi connectivity index (χ2v) is 4.92. The number of hydrogen-bond donors (Lipinski definition) is 1. The first-order chi connectivity index (χ1) is 7.65. The van der Waals surface area contributed by atoms with Crippen molar-refractivity contribution >= 4 is 5.78 Å². The Hall–Kier alpha value is -1.31. The van der Waals surface area contributed by atoms with Crippen LogP contribution in [0.2, 0.25) is 0 Å². The van der Waals surface area contributed by atoms with E-state index in [9.17, 15) is 4.79 Å². The molecule has 0 aromatic heterocycles. The maximum absolute atomic E-state index is 12.0. The lowest BCUT2D eigenvalue weighted by atomic mass is 9.96. The predicted octanol–water partition coefficient (Wildman–Crippen LogP) is 2.94. The molecule has 2 rings (SSSR count). The molecule has 1 fully saturated rings. The third-order valence-electron chi connectivity index (χ3n) is 3.46. The molecule has 0 aliphatic heterocycles. The third kappa shape index (κ3) is 2.63. The van der Waals surface area contributed by atoms with Crippen LogP contribution < -0.4 is 0 Å². The van der Waals surface area contributed by atoms with Gasteiger partial charge in [-0.05, 0) is 42.9 Å². The van der Waals surface area contributed by atoms with Crippen molar-refractivity contribution in [2.45, 2.75) is 32.6 Å². The Balaban J connectivity index is 1.94. The van der Waals surface area contributed by atoms with Crippen molar-refractivity contribution in [2.24, 2.45) is 11.8 Å². The normalized spacial score (nSPS) is 24.6. The molecule has 2 heteroatoms. The highest BCUT2D eigenvalue weighted by Crippen LogP contribution is 2.31. The summed E-state index contributed by atoms with van der Waals surface area (Å²) < 4.78 is 0. The van der Waals surface area contributed by atoms with Gasteiger partial charge in [0.25, 0.3) is 0 Å². The summed E-state index contributed by atoms with van der Waals surface area (Å²) in [6.45, 7) is 2.22. The van der Waals surface area contributed by atoms with E-state index < -0.39 is 0 Å². The van der Waals surface area contributed by atoms with Crippen LogP contribution in [0.3, 0.4) is 0 Å². The maximum atomic E-state index is 12.0. The molecule has 2 nitrogen and oxygen atoms in total. The van der Waals surface area contributed by atoms with Crippen LogP contribution in [-0.2, 0) is 11.2 Å². The lowest BCUT2D eigenvalue weighted by Crippen LogP contribution is -2.13. The molecule has 86 valence electrons. The van der Waals surface area contributed by atoms with Crippen molar-refractivity contribution in [1.29, 1.82) is 0 Å². The molecule has 1 aliphatic rings. The van der Waals surface area contributed by atoms with E-state index in [0.717, 1.165) is 18.4 Å². The standard InChI is InChI=1S/C14H18O2/c1-10-2-5-12(8-10)14(16)9-11-3-6-13(15)7-4-11/h3-4,6-7,10,12,15H,2,5,8-9H2,1H3. The first-order valence-electron chi connectivity index (χ1n) is 5.96. The van der Waals surface area contributed by atoms with Gasteiger partial charge in [-0.15, -0.1) is 0 Å². The maximum Gasteiger partial charge on any atom is 0.140 e. The number of carbonyl (C=O) groups excluding carboxylic acids is 1. The van der Waals surface area contributed by atoms with Gasteiger partial charge in [0, 0.05) is 12.3 Å². The Morgan fingerprint density at radius 1 is 1.31 bits per heavy atom. The Morgan fingerprint density at radius 2 is 2.00 bits per heavy atom. The zero-order valence-electron chi connectivity index (χ0n) is 9.65. The molecule has 0 radical (unpaired) electrons. The minimum Gasteiger partial charge on any atom is -0.508 e. The van der Waals surface area contributed by atoms with Gasteiger partial charge in [0.05, 0.1) is 0 Å². The molecule has 0 amide bonds. The minimum atomic E-state index is 0.255. The fourth-order valence-corrected chi connectivity index (χ4v) is 2.46. The summed E-state index contributed by atoms with van der Waals surface area (Å²) in [6, 6.07) is 6.93. The summed E-state index contributed by atoms with van der Waals surface area (Å²) in [6.07, 6.45) is 3.80. The SMILES string of the molecule is CC1CCC(C(=O)Cc2ccc(O)cc2)C1. The van der Waals surface area contributed by atoms with Gasteiger partial charge in [0.15, 0.2) is 0 Å². The molecule has 0 bridgehead atoms. The smallest absolute Gasteiger partial charge is 0.140 e. The van der Waals surface area contributed by atoms with Gasteiger partial charge in [0.1, 0.15) is 11.5 Å². The average molecular weight is 218 g/mol. The van der Waals surface area contributed by atoms with E-state index in [1.807, 2.05) is 12.1 Å². The molecule has 1 aromatic carbocycles.